The van der Waals surface area contributed by atoms with Crippen LogP contribution in [0.3, 0.4) is 0 Å². The molecule has 7 nitrogen and oxygen atoms in total. The lowest BCUT2D eigenvalue weighted by molar-refractivity contribution is 0.127. The molecule has 3 heterocycles. The summed E-state index contributed by atoms with van der Waals surface area (Å²) in [7, 11) is -1.49. The fraction of sp³-hybridized carbons (Fsp3) is 0.636. The summed E-state index contributed by atoms with van der Waals surface area (Å²) in [5.41, 5.74) is 3.12. The van der Waals surface area contributed by atoms with Gasteiger partial charge in [-0.15, -0.1) is 0 Å². The van der Waals surface area contributed by atoms with E-state index in [4.69, 9.17) is 4.74 Å². The Labute approximate surface area is 180 Å². The Morgan fingerprint density at radius 1 is 1.23 bits per heavy atom. The van der Waals surface area contributed by atoms with Gasteiger partial charge in [0.15, 0.2) is 0 Å². The van der Waals surface area contributed by atoms with E-state index in [0.29, 0.717) is 32.2 Å². The van der Waals surface area contributed by atoms with Crippen LogP contribution in [0.5, 0.6) is 0 Å². The second kappa shape index (κ2) is 10.0. The highest BCUT2D eigenvalue weighted by Gasteiger charge is 2.29. The van der Waals surface area contributed by atoms with Crippen LogP contribution in [-0.4, -0.2) is 53.4 Å². The third-order valence-corrected chi connectivity index (χ3v) is 7.01. The summed E-state index contributed by atoms with van der Waals surface area (Å²) >= 11 is 0. The highest BCUT2D eigenvalue weighted by molar-refractivity contribution is 7.91. The van der Waals surface area contributed by atoms with Gasteiger partial charge in [0.2, 0.25) is 15.0 Å². The number of sulfone groups is 1. The lowest BCUT2D eigenvalue weighted by Gasteiger charge is -2.20. The number of nitrogens with zero attached hydrogens (tertiary/aromatic N) is 4. The Kier molecular flexibility index (Phi) is 7.65. The first-order chi connectivity index (χ1) is 14.3. The van der Waals surface area contributed by atoms with Gasteiger partial charge in [-0.05, 0) is 43.9 Å². The van der Waals surface area contributed by atoms with Gasteiger partial charge in [-0.25, -0.2) is 13.4 Å². The molecular formula is C22H34N4O3S. The highest BCUT2D eigenvalue weighted by atomic mass is 32.2. The van der Waals surface area contributed by atoms with Crippen LogP contribution in [0.1, 0.15) is 50.6 Å². The molecule has 2 aromatic heterocycles. The Balaban J connectivity index is 1.76. The summed E-state index contributed by atoms with van der Waals surface area (Å²) in [6.07, 6.45) is 6.09. The summed E-state index contributed by atoms with van der Waals surface area (Å²) in [6, 6.07) is 4.16. The first kappa shape index (κ1) is 22.9. The maximum absolute atomic E-state index is 13.1. The first-order valence-corrected chi connectivity index (χ1v) is 12.4. The number of aromatic nitrogens is 3. The summed E-state index contributed by atoms with van der Waals surface area (Å²) in [5.74, 6) is 0.314. The average molecular weight is 435 g/mol. The van der Waals surface area contributed by atoms with Gasteiger partial charge in [-0.2, -0.15) is 0 Å². The average Bonchev–Trinajstić information content (AvgIpc) is 3.32. The molecule has 0 aliphatic carbocycles. The zero-order valence-corrected chi connectivity index (χ0v) is 19.4. The van der Waals surface area contributed by atoms with Gasteiger partial charge in [0, 0.05) is 32.4 Å². The molecule has 1 atom stereocenters. The molecule has 0 bridgehead atoms. The standard InChI is InChI=1S/C22H34N4O3S/c1-5-18-8-9-19(23-11-18)14-25(4)15-20-12-24-22(26(20)13-17(2)3)30(27,28)16-21-7-6-10-29-21/h8-9,11-12,17,21H,5-7,10,13-16H2,1-4H3. The van der Waals surface area contributed by atoms with E-state index in [1.807, 2.05) is 17.8 Å². The highest BCUT2D eigenvalue weighted by Crippen LogP contribution is 2.21. The van der Waals surface area contributed by atoms with E-state index in [-0.39, 0.29) is 17.0 Å². The SMILES string of the molecule is CCc1ccc(CN(C)Cc2cnc(S(=O)(=O)CC3CCCO3)n2CC(C)C)nc1. The molecule has 0 saturated carbocycles. The van der Waals surface area contributed by atoms with Crippen LogP contribution in [-0.2, 0) is 40.6 Å². The zero-order chi connectivity index (χ0) is 21.7. The molecule has 30 heavy (non-hydrogen) atoms. The summed E-state index contributed by atoms with van der Waals surface area (Å²) in [5, 5.41) is 0.167. The summed E-state index contributed by atoms with van der Waals surface area (Å²) < 4.78 is 33.5. The Bertz CT molecular complexity index is 916. The van der Waals surface area contributed by atoms with E-state index >= 15 is 0 Å². The van der Waals surface area contributed by atoms with Crippen molar-refractivity contribution in [3.8, 4) is 0 Å². The Hall–Kier alpha value is -1.77. The molecule has 1 saturated heterocycles. The van der Waals surface area contributed by atoms with Gasteiger partial charge >= 0.3 is 0 Å². The van der Waals surface area contributed by atoms with Crippen molar-refractivity contribution in [2.45, 2.75) is 70.9 Å². The Morgan fingerprint density at radius 3 is 2.63 bits per heavy atom. The molecule has 0 spiro atoms. The van der Waals surface area contributed by atoms with Crippen LogP contribution in [0.15, 0.2) is 29.7 Å². The van der Waals surface area contributed by atoms with Crippen molar-refractivity contribution < 1.29 is 13.2 Å². The number of imidazole rings is 1. The fourth-order valence-electron chi connectivity index (χ4n) is 3.79. The predicted molar refractivity (Wildman–Crippen MR) is 117 cm³/mol. The van der Waals surface area contributed by atoms with E-state index in [0.717, 1.165) is 30.7 Å². The van der Waals surface area contributed by atoms with Crippen LogP contribution in [0.2, 0.25) is 0 Å². The molecule has 1 unspecified atom stereocenters. The second-order valence-electron chi connectivity index (χ2n) is 8.64. The predicted octanol–water partition coefficient (Wildman–Crippen LogP) is 3.08. The monoisotopic (exact) mass is 434 g/mol. The fourth-order valence-corrected chi connectivity index (χ4v) is 5.43. The molecule has 2 aromatic rings. The Morgan fingerprint density at radius 2 is 2.03 bits per heavy atom. The van der Waals surface area contributed by atoms with Crippen molar-refractivity contribution in [3.63, 3.8) is 0 Å². The van der Waals surface area contributed by atoms with Gasteiger partial charge < -0.3 is 9.30 Å². The number of pyridine rings is 1. The topological polar surface area (TPSA) is 77.3 Å². The molecular weight excluding hydrogens is 400 g/mol. The van der Waals surface area contributed by atoms with Gasteiger partial charge in [0.1, 0.15) is 0 Å². The van der Waals surface area contributed by atoms with Crippen LogP contribution in [0, 0.1) is 5.92 Å². The van der Waals surface area contributed by atoms with Crippen molar-refractivity contribution in [2.24, 2.45) is 5.92 Å². The van der Waals surface area contributed by atoms with E-state index in [2.05, 4.69) is 47.8 Å². The van der Waals surface area contributed by atoms with E-state index in [1.54, 1.807) is 6.20 Å². The van der Waals surface area contributed by atoms with E-state index in [9.17, 15) is 8.42 Å². The van der Waals surface area contributed by atoms with Gasteiger partial charge in [0.05, 0.1) is 29.4 Å². The smallest absolute Gasteiger partial charge is 0.227 e. The molecule has 0 aromatic carbocycles. The van der Waals surface area contributed by atoms with Crippen molar-refractivity contribution in [1.29, 1.82) is 0 Å². The molecule has 1 aliphatic rings. The maximum Gasteiger partial charge on any atom is 0.227 e. The first-order valence-electron chi connectivity index (χ1n) is 10.8. The van der Waals surface area contributed by atoms with Gasteiger partial charge in [-0.1, -0.05) is 26.8 Å². The number of hydrogen-bond donors (Lipinski definition) is 0. The van der Waals surface area contributed by atoms with Crippen LogP contribution < -0.4 is 0 Å². The number of aryl methyl sites for hydroxylation is 1. The van der Waals surface area contributed by atoms with E-state index in [1.165, 1.54) is 5.56 Å². The molecule has 8 heteroatoms. The third kappa shape index (κ3) is 5.89. The van der Waals surface area contributed by atoms with Crippen LogP contribution >= 0.6 is 0 Å². The second-order valence-corrected chi connectivity index (χ2v) is 10.6. The van der Waals surface area contributed by atoms with Crippen molar-refractivity contribution in [3.05, 3.63) is 41.5 Å². The molecule has 3 rings (SSSR count). The molecule has 0 amide bonds. The zero-order valence-electron chi connectivity index (χ0n) is 18.5. The number of hydrogen-bond acceptors (Lipinski definition) is 6. The molecule has 0 radical (unpaired) electrons. The molecule has 0 N–H and O–H groups in total. The lowest BCUT2D eigenvalue weighted by atomic mass is 10.2. The third-order valence-electron chi connectivity index (χ3n) is 5.31. The quantitative estimate of drug-likeness (QED) is 0.572. The summed E-state index contributed by atoms with van der Waals surface area (Å²) in [6.45, 7) is 8.84. The molecule has 166 valence electrons. The van der Waals surface area contributed by atoms with Crippen molar-refractivity contribution in [2.75, 3.05) is 19.4 Å². The van der Waals surface area contributed by atoms with Crippen LogP contribution in [0.25, 0.3) is 0 Å². The number of ether oxygens (including phenoxy) is 1. The van der Waals surface area contributed by atoms with Gasteiger partial charge in [0.25, 0.3) is 0 Å². The minimum atomic E-state index is -3.51. The normalized spacial score (nSPS) is 17.3. The summed E-state index contributed by atoms with van der Waals surface area (Å²) in [4.78, 5) is 11.0. The number of rotatable bonds is 10. The van der Waals surface area contributed by atoms with Crippen LogP contribution in [0.4, 0.5) is 0 Å². The lowest BCUT2D eigenvalue weighted by Crippen LogP contribution is -2.25. The minimum absolute atomic E-state index is 0.00504. The van der Waals surface area contributed by atoms with Crippen molar-refractivity contribution >= 4 is 9.84 Å². The minimum Gasteiger partial charge on any atom is -0.377 e. The maximum atomic E-state index is 13.1. The molecule has 1 aliphatic heterocycles. The van der Waals surface area contributed by atoms with E-state index < -0.39 is 9.84 Å². The van der Waals surface area contributed by atoms with Crippen molar-refractivity contribution in [1.82, 2.24) is 19.4 Å². The van der Waals surface area contributed by atoms with Gasteiger partial charge in [-0.3, -0.25) is 9.88 Å². The largest absolute Gasteiger partial charge is 0.377 e. The molecule has 1 fully saturated rings.